The summed E-state index contributed by atoms with van der Waals surface area (Å²) in [6.45, 7) is 3.17. The average molecular weight is 180 g/mol. The fourth-order valence-corrected chi connectivity index (χ4v) is 1.10. The molecular weight excluding hydrogens is 168 g/mol. The summed E-state index contributed by atoms with van der Waals surface area (Å²) >= 11 is 0. The molecule has 0 aliphatic heterocycles. The second kappa shape index (κ2) is 3.58. The Bertz CT molecular complexity index is 329. The SMILES string of the molecule is Cc1ccc(O)cc1C(=O)C(C)O. The molecule has 1 atom stereocenters. The lowest BCUT2D eigenvalue weighted by Gasteiger charge is -2.06. The molecule has 0 aliphatic rings. The van der Waals surface area contributed by atoms with Gasteiger partial charge < -0.3 is 10.2 Å². The number of aliphatic hydroxyl groups excluding tert-OH is 1. The van der Waals surface area contributed by atoms with Crippen LogP contribution in [0.1, 0.15) is 22.8 Å². The highest BCUT2D eigenvalue weighted by Crippen LogP contribution is 2.17. The van der Waals surface area contributed by atoms with Crippen LogP contribution in [0.4, 0.5) is 0 Å². The molecule has 0 aromatic heterocycles. The Labute approximate surface area is 76.6 Å². The summed E-state index contributed by atoms with van der Waals surface area (Å²) in [4.78, 5) is 11.4. The summed E-state index contributed by atoms with van der Waals surface area (Å²) in [5.74, 6) is -0.331. The zero-order chi connectivity index (χ0) is 10.0. The van der Waals surface area contributed by atoms with Crippen molar-refractivity contribution in [3.8, 4) is 5.75 Å². The van der Waals surface area contributed by atoms with Crippen LogP contribution in [0.3, 0.4) is 0 Å². The fraction of sp³-hybridized carbons (Fsp3) is 0.300. The Balaban J connectivity index is 3.13. The zero-order valence-electron chi connectivity index (χ0n) is 7.61. The molecule has 13 heavy (non-hydrogen) atoms. The van der Waals surface area contributed by atoms with Gasteiger partial charge in [-0.3, -0.25) is 4.79 Å². The number of aliphatic hydroxyl groups is 1. The Morgan fingerprint density at radius 1 is 1.46 bits per heavy atom. The third kappa shape index (κ3) is 2.06. The van der Waals surface area contributed by atoms with Crippen LogP contribution in [0, 0.1) is 6.92 Å². The van der Waals surface area contributed by atoms with Gasteiger partial charge in [-0.25, -0.2) is 0 Å². The summed E-state index contributed by atoms with van der Waals surface area (Å²) in [5, 5.41) is 18.2. The maximum absolute atomic E-state index is 11.4. The largest absolute Gasteiger partial charge is 0.508 e. The summed E-state index contributed by atoms with van der Waals surface area (Å²) in [5.41, 5.74) is 1.12. The Morgan fingerprint density at radius 2 is 2.08 bits per heavy atom. The quantitative estimate of drug-likeness (QED) is 0.674. The van der Waals surface area contributed by atoms with Gasteiger partial charge in [0.1, 0.15) is 11.9 Å². The van der Waals surface area contributed by atoms with Gasteiger partial charge in [-0.05, 0) is 31.5 Å². The molecule has 0 aliphatic carbocycles. The summed E-state index contributed by atoms with van der Waals surface area (Å²) in [6, 6.07) is 4.52. The smallest absolute Gasteiger partial charge is 0.191 e. The van der Waals surface area contributed by atoms with E-state index < -0.39 is 6.10 Å². The summed E-state index contributed by atoms with van der Waals surface area (Å²) in [7, 11) is 0. The van der Waals surface area contributed by atoms with Crippen molar-refractivity contribution in [3.05, 3.63) is 29.3 Å². The molecule has 0 spiro atoms. The van der Waals surface area contributed by atoms with Crippen LogP contribution in [-0.2, 0) is 0 Å². The first-order chi connectivity index (χ1) is 6.02. The summed E-state index contributed by atoms with van der Waals surface area (Å²) in [6.07, 6.45) is -1.03. The molecule has 0 radical (unpaired) electrons. The van der Waals surface area contributed by atoms with Crippen LogP contribution in [0.25, 0.3) is 0 Å². The number of rotatable bonds is 2. The number of benzene rings is 1. The molecule has 3 nitrogen and oxygen atoms in total. The minimum Gasteiger partial charge on any atom is -0.508 e. The number of Topliss-reactive ketones (excluding diaryl/α,β-unsaturated/α-hetero) is 1. The minimum atomic E-state index is -1.03. The molecule has 0 amide bonds. The number of phenolic OH excluding ortho intramolecular Hbond substituents is 1. The highest BCUT2D eigenvalue weighted by molar-refractivity contribution is 6.00. The van der Waals surface area contributed by atoms with E-state index in [0.717, 1.165) is 5.56 Å². The number of hydrogen-bond acceptors (Lipinski definition) is 3. The van der Waals surface area contributed by atoms with Gasteiger partial charge in [-0.1, -0.05) is 6.07 Å². The van der Waals surface area contributed by atoms with E-state index >= 15 is 0 Å². The van der Waals surface area contributed by atoms with Gasteiger partial charge in [-0.15, -0.1) is 0 Å². The van der Waals surface area contributed by atoms with Crippen molar-refractivity contribution in [2.75, 3.05) is 0 Å². The van der Waals surface area contributed by atoms with Crippen molar-refractivity contribution < 1.29 is 15.0 Å². The van der Waals surface area contributed by atoms with Gasteiger partial charge in [-0.2, -0.15) is 0 Å². The number of hydrogen-bond donors (Lipinski definition) is 2. The molecule has 0 saturated carbocycles. The zero-order valence-corrected chi connectivity index (χ0v) is 7.61. The van der Waals surface area contributed by atoms with Crippen molar-refractivity contribution in [2.24, 2.45) is 0 Å². The Morgan fingerprint density at radius 3 is 2.62 bits per heavy atom. The molecule has 1 rings (SSSR count). The van der Waals surface area contributed by atoms with Crippen LogP contribution >= 0.6 is 0 Å². The van der Waals surface area contributed by atoms with E-state index in [1.54, 1.807) is 13.0 Å². The third-order valence-corrected chi connectivity index (χ3v) is 1.87. The van der Waals surface area contributed by atoms with E-state index in [2.05, 4.69) is 0 Å². The highest BCUT2D eigenvalue weighted by Gasteiger charge is 2.14. The van der Waals surface area contributed by atoms with Crippen LogP contribution in [0.15, 0.2) is 18.2 Å². The van der Waals surface area contributed by atoms with Crippen LogP contribution < -0.4 is 0 Å². The predicted octanol–water partition coefficient (Wildman–Crippen LogP) is 1.26. The predicted molar refractivity (Wildman–Crippen MR) is 48.9 cm³/mol. The van der Waals surface area contributed by atoms with Gasteiger partial charge in [0, 0.05) is 5.56 Å². The van der Waals surface area contributed by atoms with E-state index in [-0.39, 0.29) is 11.5 Å². The first-order valence-electron chi connectivity index (χ1n) is 4.04. The van der Waals surface area contributed by atoms with Gasteiger partial charge >= 0.3 is 0 Å². The van der Waals surface area contributed by atoms with E-state index in [0.29, 0.717) is 5.56 Å². The minimum absolute atomic E-state index is 0.0367. The van der Waals surface area contributed by atoms with E-state index in [1.165, 1.54) is 19.1 Å². The second-order valence-corrected chi connectivity index (χ2v) is 3.04. The monoisotopic (exact) mass is 180 g/mol. The molecule has 1 aromatic rings. The van der Waals surface area contributed by atoms with Crippen molar-refractivity contribution in [1.82, 2.24) is 0 Å². The molecule has 2 N–H and O–H groups in total. The number of ketones is 1. The van der Waals surface area contributed by atoms with Gasteiger partial charge in [0.15, 0.2) is 5.78 Å². The van der Waals surface area contributed by atoms with E-state index in [9.17, 15) is 4.79 Å². The number of carbonyl (C=O) groups is 1. The number of aryl methyl sites for hydroxylation is 1. The standard InChI is InChI=1S/C10H12O3/c1-6-3-4-8(12)5-9(6)10(13)7(2)11/h3-5,7,11-12H,1-2H3. The fourth-order valence-electron chi connectivity index (χ4n) is 1.10. The van der Waals surface area contributed by atoms with Gasteiger partial charge in [0.05, 0.1) is 0 Å². The van der Waals surface area contributed by atoms with Crippen LogP contribution in [0.5, 0.6) is 5.75 Å². The Hall–Kier alpha value is -1.35. The third-order valence-electron chi connectivity index (χ3n) is 1.87. The van der Waals surface area contributed by atoms with Crippen LogP contribution in [0.2, 0.25) is 0 Å². The normalized spacial score (nSPS) is 12.5. The average Bonchev–Trinajstić information content (AvgIpc) is 2.08. The van der Waals surface area contributed by atoms with E-state index in [1.807, 2.05) is 0 Å². The molecule has 0 heterocycles. The van der Waals surface area contributed by atoms with Crippen molar-refractivity contribution in [2.45, 2.75) is 20.0 Å². The Kier molecular flexibility index (Phi) is 2.68. The lowest BCUT2D eigenvalue weighted by atomic mass is 10.0. The number of carbonyl (C=O) groups excluding carboxylic acids is 1. The molecule has 1 unspecified atom stereocenters. The highest BCUT2D eigenvalue weighted by atomic mass is 16.3. The molecule has 3 heteroatoms. The molecular formula is C10H12O3. The van der Waals surface area contributed by atoms with E-state index in [4.69, 9.17) is 10.2 Å². The second-order valence-electron chi connectivity index (χ2n) is 3.04. The lowest BCUT2D eigenvalue weighted by molar-refractivity contribution is 0.0778. The van der Waals surface area contributed by atoms with Gasteiger partial charge in [0.2, 0.25) is 0 Å². The molecule has 0 bridgehead atoms. The first-order valence-corrected chi connectivity index (χ1v) is 4.04. The maximum Gasteiger partial charge on any atom is 0.191 e. The molecule has 0 fully saturated rings. The van der Waals surface area contributed by atoms with Crippen molar-refractivity contribution >= 4 is 5.78 Å². The maximum atomic E-state index is 11.4. The summed E-state index contributed by atoms with van der Waals surface area (Å²) < 4.78 is 0. The molecule has 1 aromatic carbocycles. The van der Waals surface area contributed by atoms with Gasteiger partial charge in [0.25, 0.3) is 0 Å². The topological polar surface area (TPSA) is 57.5 Å². The van der Waals surface area contributed by atoms with Crippen molar-refractivity contribution in [3.63, 3.8) is 0 Å². The van der Waals surface area contributed by atoms with Crippen LogP contribution in [-0.4, -0.2) is 22.1 Å². The lowest BCUT2D eigenvalue weighted by Crippen LogP contribution is -2.17. The molecule has 0 saturated heterocycles. The molecule has 70 valence electrons. The number of aromatic hydroxyl groups is 1. The number of phenols is 1. The first kappa shape index (κ1) is 9.74. The van der Waals surface area contributed by atoms with Crippen molar-refractivity contribution in [1.29, 1.82) is 0 Å².